The highest BCUT2D eigenvalue weighted by Crippen LogP contribution is 2.40. The molecular formula is C24H27ClN4O2S. The highest BCUT2D eigenvalue weighted by Gasteiger charge is 2.39. The quantitative estimate of drug-likeness (QED) is 0.531. The number of piperidine rings is 1. The van der Waals surface area contributed by atoms with Crippen molar-refractivity contribution in [1.29, 1.82) is 0 Å². The molecule has 0 saturated carbocycles. The number of fused-ring (bicyclic) bond motifs is 1. The van der Waals surface area contributed by atoms with Gasteiger partial charge in [-0.05, 0) is 47.4 Å². The molecular weight excluding hydrogens is 444 g/mol. The Morgan fingerprint density at radius 3 is 2.50 bits per heavy atom. The summed E-state index contributed by atoms with van der Waals surface area (Å²) in [6.45, 7) is 5.53. The molecule has 0 bridgehead atoms. The van der Waals surface area contributed by atoms with Gasteiger partial charge in [-0.25, -0.2) is 0 Å². The number of thiol groups is 1. The topological polar surface area (TPSA) is 55.9 Å². The van der Waals surface area contributed by atoms with E-state index in [-0.39, 0.29) is 23.2 Å². The number of nitrogens with one attached hydrogen (secondary N) is 1. The van der Waals surface area contributed by atoms with E-state index >= 15 is 0 Å². The Balaban J connectivity index is 1.25. The molecule has 5 rings (SSSR count). The minimum atomic E-state index is -0.307. The number of benzene rings is 2. The molecule has 0 aromatic heterocycles. The van der Waals surface area contributed by atoms with Gasteiger partial charge in [-0.15, -0.1) is 0 Å². The van der Waals surface area contributed by atoms with E-state index < -0.39 is 0 Å². The zero-order valence-electron chi connectivity index (χ0n) is 17.8. The van der Waals surface area contributed by atoms with Crippen LogP contribution in [-0.4, -0.2) is 53.8 Å². The van der Waals surface area contributed by atoms with Gasteiger partial charge in [0.25, 0.3) is 0 Å². The van der Waals surface area contributed by atoms with Crippen LogP contribution in [0.15, 0.2) is 42.5 Å². The molecule has 0 radical (unpaired) electrons. The molecule has 8 heteroatoms. The number of hydrogen-bond acceptors (Lipinski definition) is 6. The predicted molar refractivity (Wildman–Crippen MR) is 129 cm³/mol. The standard InChI is InChI=1S/C24H27ClN4O2S/c25-17-4-6-18(7-5-17)28-12-10-27(11-13-28)14-16-2-1-3-19-20(16)15-29(24(19)32)21-8-9-22(30)26-23(21)31/h1-7,21,24,32H,8-15H2,(H,26,30,31). The van der Waals surface area contributed by atoms with E-state index in [1.807, 2.05) is 12.1 Å². The summed E-state index contributed by atoms with van der Waals surface area (Å²) in [5, 5.41) is 3.11. The first-order valence-corrected chi connectivity index (χ1v) is 12.0. The van der Waals surface area contributed by atoms with Crippen LogP contribution in [0.5, 0.6) is 0 Å². The maximum absolute atomic E-state index is 12.4. The number of amides is 2. The zero-order valence-corrected chi connectivity index (χ0v) is 19.5. The van der Waals surface area contributed by atoms with Gasteiger partial charge in [0.15, 0.2) is 0 Å². The number of anilines is 1. The summed E-state index contributed by atoms with van der Waals surface area (Å²) in [5.41, 5.74) is 4.97. The average molecular weight is 471 g/mol. The summed E-state index contributed by atoms with van der Waals surface area (Å²) in [6, 6.07) is 14.1. The first-order valence-electron chi connectivity index (χ1n) is 11.1. The first-order chi connectivity index (χ1) is 15.5. The summed E-state index contributed by atoms with van der Waals surface area (Å²) in [6.07, 6.45) is 0.937. The van der Waals surface area contributed by atoms with Crippen LogP contribution in [0.3, 0.4) is 0 Å². The molecule has 6 nitrogen and oxygen atoms in total. The molecule has 2 amide bonds. The van der Waals surface area contributed by atoms with Gasteiger partial charge in [-0.1, -0.05) is 29.8 Å². The van der Waals surface area contributed by atoms with Gasteiger partial charge < -0.3 is 4.90 Å². The minimum absolute atomic E-state index is 0.129. The SMILES string of the molecule is O=C1CCC(N2Cc3c(CN4CCN(c5ccc(Cl)cc5)CC4)cccc3C2S)C(=O)N1. The number of carbonyl (C=O) groups is 2. The van der Waals surface area contributed by atoms with Crippen molar-refractivity contribution in [2.75, 3.05) is 31.1 Å². The molecule has 3 heterocycles. The van der Waals surface area contributed by atoms with E-state index in [0.29, 0.717) is 19.4 Å². The van der Waals surface area contributed by atoms with Gasteiger partial charge in [-0.3, -0.25) is 24.7 Å². The molecule has 3 aliphatic heterocycles. The Kier molecular flexibility index (Phi) is 6.16. The Morgan fingerprint density at radius 2 is 1.78 bits per heavy atom. The lowest BCUT2D eigenvalue weighted by Crippen LogP contribution is -2.51. The molecule has 2 aromatic rings. The molecule has 3 aliphatic rings. The van der Waals surface area contributed by atoms with Crippen LogP contribution in [0, 0.1) is 0 Å². The smallest absolute Gasteiger partial charge is 0.243 e. The molecule has 2 fully saturated rings. The van der Waals surface area contributed by atoms with Crippen LogP contribution in [0.4, 0.5) is 5.69 Å². The van der Waals surface area contributed by atoms with Crippen molar-refractivity contribution in [3.8, 4) is 0 Å². The lowest BCUT2D eigenvalue weighted by molar-refractivity contribution is -0.137. The van der Waals surface area contributed by atoms with Crippen LogP contribution in [-0.2, 0) is 22.7 Å². The highest BCUT2D eigenvalue weighted by molar-refractivity contribution is 7.80. The van der Waals surface area contributed by atoms with E-state index in [9.17, 15) is 9.59 Å². The maximum Gasteiger partial charge on any atom is 0.243 e. The van der Waals surface area contributed by atoms with Crippen LogP contribution in [0.2, 0.25) is 5.02 Å². The third kappa shape index (κ3) is 4.27. The Labute approximate surface area is 198 Å². The van der Waals surface area contributed by atoms with Crippen molar-refractivity contribution < 1.29 is 9.59 Å². The third-order valence-electron chi connectivity index (χ3n) is 6.81. The highest BCUT2D eigenvalue weighted by atomic mass is 35.5. The van der Waals surface area contributed by atoms with E-state index in [1.165, 1.54) is 22.4 Å². The molecule has 2 atom stereocenters. The number of piperazine rings is 1. The minimum Gasteiger partial charge on any atom is -0.369 e. The summed E-state index contributed by atoms with van der Waals surface area (Å²) >= 11 is 10.9. The van der Waals surface area contributed by atoms with Gasteiger partial charge in [-0.2, -0.15) is 12.6 Å². The number of hydrogen-bond donors (Lipinski definition) is 2. The molecule has 2 saturated heterocycles. The van der Waals surface area contributed by atoms with E-state index in [0.717, 1.165) is 37.7 Å². The second-order valence-electron chi connectivity index (χ2n) is 8.74. The second kappa shape index (κ2) is 9.06. The van der Waals surface area contributed by atoms with Crippen molar-refractivity contribution in [3.63, 3.8) is 0 Å². The Bertz CT molecular complexity index is 1020. The predicted octanol–water partition coefficient (Wildman–Crippen LogP) is 3.21. The van der Waals surface area contributed by atoms with Crippen LogP contribution < -0.4 is 10.2 Å². The van der Waals surface area contributed by atoms with E-state index in [4.69, 9.17) is 24.2 Å². The van der Waals surface area contributed by atoms with Gasteiger partial charge in [0.2, 0.25) is 11.8 Å². The first kappa shape index (κ1) is 21.8. The van der Waals surface area contributed by atoms with Gasteiger partial charge >= 0.3 is 0 Å². The fourth-order valence-electron chi connectivity index (χ4n) is 5.02. The molecule has 1 N–H and O–H groups in total. The second-order valence-corrected chi connectivity index (χ2v) is 9.66. The average Bonchev–Trinajstić information content (AvgIpc) is 3.12. The summed E-state index contributed by atoms with van der Waals surface area (Å²) in [7, 11) is 0. The Morgan fingerprint density at radius 1 is 1.03 bits per heavy atom. The largest absolute Gasteiger partial charge is 0.369 e. The van der Waals surface area contributed by atoms with Gasteiger partial charge in [0, 0.05) is 56.4 Å². The monoisotopic (exact) mass is 470 g/mol. The fraction of sp³-hybridized carbons (Fsp3) is 0.417. The fourth-order valence-corrected chi connectivity index (χ4v) is 5.63. The third-order valence-corrected chi connectivity index (χ3v) is 7.64. The van der Waals surface area contributed by atoms with Crippen molar-refractivity contribution in [2.45, 2.75) is 37.3 Å². The van der Waals surface area contributed by atoms with Crippen LogP contribution in [0.25, 0.3) is 0 Å². The maximum atomic E-state index is 12.4. The molecule has 168 valence electrons. The van der Waals surface area contributed by atoms with Crippen LogP contribution >= 0.6 is 24.2 Å². The van der Waals surface area contributed by atoms with Crippen molar-refractivity contribution in [3.05, 3.63) is 64.2 Å². The van der Waals surface area contributed by atoms with E-state index in [2.05, 4.69) is 50.3 Å². The summed E-state index contributed by atoms with van der Waals surface area (Å²) < 4.78 is 0. The Hall–Kier alpha value is -2.06. The van der Waals surface area contributed by atoms with Crippen molar-refractivity contribution >= 4 is 41.7 Å². The number of imide groups is 1. The molecule has 32 heavy (non-hydrogen) atoms. The summed E-state index contributed by atoms with van der Waals surface area (Å²) in [5.74, 6) is -0.384. The molecule has 0 aliphatic carbocycles. The van der Waals surface area contributed by atoms with Crippen LogP contribution in [0.1, 0.15) is 34.9 Å². The van der Waals surface area contributed by atoms with Crippen molar-refractivity contribution in [2.24, 2.45) is 0 Å². The molecule has 2 aromatic carbocycles. The summed E-state index contributed by atoms with van der Waals surface area (Å²) in [4.78, 5) is 31.0. The number of carbonyl (C=O) groups excluding carboxylic acids is 2. The van der Waals surface area contributed by atoms with Gasteiger partial charge in [0.1, 0.15) is 0 Å². The zero-order chi connectivity index (χ0) is 22.2. The molecule has 0 spiro atoms. The number of halogens is 1. The van der Waals surface area contributed by atoms with E-state index in [1.54, 1.807) is 0 Å². The van der Waals surface area contributed by atoms with Gasteiger partial charge in [0.05, 0.1) is 11.4 Å². The normalized spacial score (nSPS) is 24.5. The number of nitrogens with zero attached hydrogens (tertiary/aromatic N) is 3. The molecule has 2 unspecified atom stereocenters. The van der Waals surface area contributed by atoms with Crippen molar-refractivity contribution in [1.82, 2.24) is 15.1 Å². The number of rotatable bonds is 4. The lowest BCUT2D eigenvalue weighted by Gasteiger charge is -2.36. The lowest BCUT2D eigenvalue weighted by atomic mass is 10.0.